The van der Waals surface area contributed by atoms with Crippen molar-refractivity contribution >= 4 is 56.1 Å². The third kappa shape index (κ3) is 8.47. The first-order chi connectivity index (χ1) is 51.4. The third-order valence-corrected chi connectivity index (χ3v) is 23.3. The highest BCUT2D eigenvalue weighted by Crippen LogP contribution is 2.65. The first-order valence-electron chi connectivity index (χ1n) is 36.3. The van der Waals surface area contributed by atoms with Crippen LogP contribution in [0.25, 0.3) is 77.6 Å². The van der Waals surface area contributed by atoms with E-state index < -0.39 is 16.2 Å². The van der Waals surface area contributed by atoms with Gasteiger partial charge >= 0.3 is 0 Å². The van der Waals surface area contributed by atoms with Crippen molar-refractivity contribution in [3.8, 4) is 55.6 Å². The SMILES string of the molecule is Cc1ccc2c(c1)C(c1ccccc1)(c1ccccc1)c1cc(N(c3ccc(-c4ccc(N(c5ccc6c(c5)C5(c7ccccc7-c7ccccc75)c5ccccc5-6)c5ccc6c(c5)oc5ccccc56)cc4)cc3)c3ccc4c(c3)C(c3ccccc3)(c3ccccc3)c3cc(C)ccc3-4)ccc1-2. The average molecular weight is 1330 g/mol. The second kappa shape index (κ2) is 23.0. The first-order valence-corrected chi connectivity index (χ1v) is 36.3. The van der Waals surface area contributed by atoms with Crippen molar-refractivity contribution in [2.45, 2.75) is 30.1 Å². The van der Waals surface area contributed by atoms with Gasteiger partial charge in [-0.3, -0.25) is 0 Å². The van der Waals surface area contributed by atoms with Gasteiger partial charge in [-0.15, -0.1) is 0 Å². The van der Waals surface area contributed by atoms with E-state index in [1.807, 2.05) is 6.07 Å². The summed E-state index contributed by atoms with van der Waals surface area (Å²) in [7, 11) is 0. The van der Waals surface area contributed by atoms with Crippen LogP contribution < -0.4 is 9.80 Å². The van der Waals surface area contributed by atoms with Crippen molar-refractivity contribution in [2.75, 3.05) is 9.80 Å². The molecule has 21 rings (SSSR count). The van der Waals surface area contributed by atoms with Gasteiger partial charge in [-0.2, -0.15) is 0 Å². The molecular weight excluding hydrogens is 1260 g/mol. The number of aryl methyl sites for hydroxylation is 2. The van der Waals surface area contributed by atoms with E-state index in [2.05, 4.69) is 394 Å². The Morgan fingerprint density at radius 1 is 0.202 bits per heavy atom. The normalized spacial score (nSPS) is 13.9. The maximum atomic E-state index is 6.68. The van der Waals surface area contributed by atoms with Crippen LogP contribution in [0.4, 0.5) is 34.1 Å². The zero-order valence-electron chi connectivity index (χ0n) is 57.6. The van der Waals surface area contributed by atoms with Gasteiger partial charge in [-0.05, 0) is 215 Å². The van der Waals surface area contributed by atoms with Crippen molar-refractivity contribution in [1.29, 1.82) is 0 Å². The lowest BCUT2D eigenvalue weighted by Crippen LogP contribution is -2.29. The van der Waals surface area contributed by atoms with Gasteiger partial charge in [0.05, 0.1) is 16.2 Å². The molecule has 3 heteroatoms. The molecule has 4 aliphatic carbocycles. The minimum absolute atomic E-state index is 0.504. The molecule has 1 aromatic heterocycles. The van der Waals surface area contributed by atoms with Gasteiger partial charge in [0.15, 0.2) is 0 Å². The summed E-state index contributed by atoms with van der Waals surface area (Å²) in [6, 6.07) is 141. The molecule has 1 spiro atoms. The van der Waals surface area contributed by atoms with E-state index in [4.69, 9.17) is 4.42 Å². The highest BCUT2D eigenvalue weighted by atomic mass is 16.3. The Bertz CT molecular complexity index is 5980. The second-order valence-electron chi connectivity index (χ2n) is 28.7. The van der Waals surface area contributed by atoms with Crippen molar-refractivity contribution in [1.82, 2.24) is 0 Å². The lowest BCUT2D eigenvalue weighted by Gasteiger charge is -2.36. The molecule has 0 atom stereocenters. The predicted molar refractivity (Wildman–Crippen MR) is 429 cm³/mol. The van der Waals surface area contributed by atoms with E-state index >= 15 is 0 Å². The van der Waals surface area contributed by atoms with Gasteiger partial charge in [-0.25, -0.2) is 0 Å². The maximum absolute atomic E-state index is 6.68. The standard InChI is InChI=1S/C101H68N2O/c1-65-39-53-82-85-56-50-75(61-94(85)99(92(82)59-65,69-23-7-3-8-24-69)70-25-9-4-10-26-70)102(76-51-57-86-83-54-40-66(2)60-93(83)100(95(86)62-76,71-27-11-5-12-28-71)72-29-13-6-14-30-72)73-45-41-67(42-46-73)68-43-47-74(48-44-68)103(78-52-58-88-87-34-18-22-38-97(87)104-98(88)64-78)77-49-55-84-81-33-17-21-37-91(81)101(96(84)63-77)89-35-19-15-31-79(89)80-32-16-20-36-90(80)101/h3-64H,1-2H3. The fraction of sp³-hybridized carbons (Fsp3) is 0.0495. The molecule has 17 aromatic rings. The number of hydrogen-bond donors (Lipinski definition) is 0. The van der Waals surface area contributed by atoms with Gasteiger partial charge < -0.3 is 14.2 Å². The smallest absolute Gasteiger partial charge is 0.137 e. The quantitative estimate of drug-likeness (QED) is 0.129. The summed E-state index contributed by atoms with van der Waals surface area (Å²) >= 11 is 0. The van der Waals surface area contributed by atoms with Gasteiger partial charge in [-0.1, -0.05) is 302 Å². The molecule has 0 saturated heterocycles. The van der Waals surface area contributed by atoms with Crippen molar-refractivity contribution in [3.05, 3.63) is 454 Å². The minimum Gasteiger partial charge on any atom is -0.456 e. The van der Waals surface area contributed by atoms with Crippen LogP contribution in [0.1, 0.15) is 77.9 Å². The fourth-order valence-corrected chi connectivity index (χ4v) is 19.0. The molecule has 0 N–H and O–H groups in total. The Labute approximate surface area is 606 Å². The first kappa shape index (κ1) is 59.8. The zero-order valence-corrected chi connectivity index (χ0v) is 57.6. The Kier molecular flexibility index (Phi) is 13.2. The number of furan rings is 1. The van der Waals surface area contributed by atoms with E-state index in [1.165, 1.54) is 122 Å². The van der Waals surface area contributed by atoms with Crippen LogP contribution in [0, 0.1) is 13.8 Å². The largest absolute Gasteiger partial charge is 0.456 e. The van der Waals surface area contributed by atoms with Gasteiger partial charge in [0.2, 0.25) is 0 Å². The molecule has 0 radical (unpaired) electrons. The van der Waals surface area contributed by atoms with Gasteiger partial charge in [0, 0.05) is 51.0 Å². The molecule has 16 aromatic carbocycles. The van der Waals surface area contributed by atoms with Crippen LogP contribution in [0.15, 0.2) is 381 Å². The number of para-hydroxylation sites is 1. The van der Waals surface area contributed by atoms with Crippen LogP contribution in [0.5, 0.6) is 0 Å². The Morgan fingerprint density at radius 3 is 0.894 bits per heavy atom. The topological polar surface area (TPSA) is 19.6 Å². The Morgan fingerprint density at radius 2 is 0.490 bits per heavy atom. The molecule has 0 aliphatic heterocycles. The number of benzene rings is 16. The number of hydrogen-bond acceptors (Lipinski definition) is 3. The summed E-state index contributed by atoms with van der Waals surface area (Å²) in [4.78, 5) is 4.93. The lowest BCUT2D eigenvalue weighted by molar-refractivity contribution is 0.669. The lowest BCUT2D eigenvalue weighted by atomic mass is 9.67. The summed E-state index contributed by atoms with van der Waals surface area (Å²) in [5, 5.41) is 2.20. The van der Waals surface area contributed by atoms with E-state index in [-0.39, 0.29) is 0 Å². The summed E-state index contributed by atoms with van der Waals surface area (Å²) in [5.74, 6) is 0. The van der Waals surface area contributed by atoms with E-state index in [0.29, 0.717) is 0 Å². The average Bonchev–Trinajstić information content (AvgIpc) is 1.52. The van der Waals surface area contributed by atoms with Crippen molar-refractivity contribution < 1.29 is 4.42 Å². The summed E-state index contributed by atoms with van der Waals surface area (Å²) in [6.45, 7) is 4.45. The van der Waals surface area contributed by atoms with Crippen molar-refractivity contribution in [3.63, 3.8) is 0 Å². The van der Waals surface area contributed by atoms with Gasteiger partial charge in [0.25, 0.3) is 0 Å². The second-order valence-corrected chi connectivity index (χ2v) is 28.7. The molecule has 104 heavy (non-hydrogen) atoms. The summed E-state index contributed by atoms with van der Waals surface area (Å²) in [5.41, 5.74) is 36.4. The molecule has 3 nitrogen and oxygen atoms in total. The molecule has 1 heterocycles. The molecule has 0 bridgehead atoms. The molecule has 488 valence electrons. The number of fused-ring (bicyclic) bond motifs is 19. The fourth-order valence-electron chi connectivity index (χ4n) is 19.0. The number of anilines is 6. The van der Waals surface area contributed by atoms with E-state index in [1.54, 1.807) is 0 Å². The van der Waals surface area contributed by atoms with Crippen LogP contribution in [0.3, 0.4) is 0 Å². The van der Waals surface area contributed by atoms with Gasteiger partial charge in [0.1, 0.15) is 11.2 Å². The molecule has 0 fully saturated rings. The van der Waals surface area contributed by atoms with Crippen LogP contribution in [-0.2, 0) is 16.2 Å². The van der Waals surface area contributed by atoms with Crippen LogP contribution in [0.2, 0.25) is 0 Å². The van der Waals surface area contributed by atoms with E-state index in [9.17, 15) is 0 Å². The Balaban J connectivity index is 0.729. The zero-order chi connectivity index (χ0) is 68.8. The summed E-state index contributed by atoms with van der Waals surface area (Å²) in [6.07, 6.45) is 0. The minimum atomic E-state index is -0.608. The highest BCUT2D eigenvalue weighted by molar-refractivity contribution is 6.06. The number of nitrogens with zero attached hydrogens (tertiary/aromatic N) is 2. The monoisotopic (exact) mass is 1320 g/mol. The third-order valence-electron chi connectivity index (χ3n) is 23.3. The predicted octanol–water partition coefficient (Wildman–Crippen LogP) is 25.9. The molecule has 0 saturated carbocycles. The van der Waals surface area contributed by atoms with Crippen molar-refractivity contribution in [2.24, 2.45) is 0 Å². The Hall–Kier alpha value is -13.1. The molecule has 4 aliphatic rings. The molecule has 0 unspecified atom stereocenters. The molecular formula is C101H68N2O. The highest BCUT2D eigenvalue weighted by Gasteiger charge is 2.53. The summed E-state index contributed by atoms with van der Waals surface area (Å²) < 4.78 is 6.68. The van der Waals surface area contributed by atoms with Crippen LogP contribution in [-0.4, -0.2) is 0 Å². The van der Waals surface area contributed by atoms with Crippen LogP contribution >= 0.6 is 0 Å². The maximum Gasteiger partial charge on any atom is 0.137 e. The number of rotatable bonds is 11. The molecule has 0 amide bonds. The van der Waals surface area contributed by atoms with E-state index in [0.717, 1.165) is 67.2 Å².